The third-order valence-electron chi connectivity index (χ3n) is 4.75. The van der Waals surface area contributed by atoms with Gasteiger partial charge in [-0.2, -0.15) is 0 Å². The zero-order chi connectivity index (χ0) is 19.0. The first kappa shape index (κ1) is 18.6. The van der Waals surface area contributed by atoms with E-state index in [0.717, 1.165) is 45.7 Å². The molecule has 140 valence electrons. The molecule has 0 radical (unpaired) electrons. The molecule has 1 N–H and O–H groups in total. The summed E-state index contributed by atoms with van der Waals surface area (Å²) < 4.78 is 5.42. The molecule has 1 aliphatic rings. The molecular formula is C20H19ClN2O2S2. The van der Waals surface area contributed by atoms with Gasteiger partial charge in [0.05, 0.1) is 17.5 Å². The van der Waals surface area contributed by atoms with E-state index < -0.39 is 0 Å². The molecule has 2 aromatic heterocycles. The Morgan fingerprint density at radius 3 is 2.96 bits per heavy atom. The number of nitrogens with one attached hydrogen (secondary N) is 1. The maximum absolute atomic E-state index is 12.7. The van der Waals surface area contributed by atoms with Crippen molar-refractivity contribution in [3.63, 3.8) is 0 Å². The van der Waals surface area contributed by atoms with Crippen molar-refractivity contribution in [3.8, 4) is 5.75 Å². The molecule has 0 saturated carbocycles. The number of methoxy groups -OCH3 is 1. The number of rotatable bonds is 4. The summed E-state index contributed by atoms with van der Waals surface area (Å²) in [6.45, 7) is 0. The molecule has 1 aliphatic carbocycles. The molecule has 0 unspecified atom stereocenters. The molecule has 0 fully saturated rings. The Hall–Kier alpha value is -1.76. The highest BCUT2D eigenvalue weighted by Crippen LogP contribution is 2.34. The molecule has 3 aromatic rings. The number of aromatic nitrogens is 2. The van der Waals surface area contributed by atoms with Crippen molar-refractivity contribution in [2.75, 3.05) is 13.4 Å². The topological polar surface area (TPSA) is 55.0 Å². The summed E-state index contributed by atoms with van der Waals surface area (Å²) in [5, 5.41) is 1.15. The van der Waals surface area contributed by atoms with E-state index in [1.807, 2.05) is 24.5 Å². The maximum Gasteiger partial charge on any atom is 0.260 e. The number of halogens is 1. The summed E-state index contributed by atoms with van der Waals surface area (Å²) in [6, 6.07) is 5.89. The molecule has 7 heteroatoms. The van der Waals surface area contributed by atoms with Gasteiger partial charge in [-0.15, -0.1) is 23.1 Å². The molecule has 0 bridgehead atoms. The van der Waals surface area contributed by atoms with E-state index in [2.05, 4.69) is 9.97 Å². The van der Waals surface area contributed by atoms with Crippen LogP contribution in [0.3, 0.4) is 0 Å². The molecule has 0 spiro atoms. The number of ether oxygens (including phenoxy) is 1. The summed E-state index contributed by atoms with van der Waals surface area (Å²) in [4.78, 5) is 23.3. The molecular weight excluding hydrogens is 400 g/mol. The lowest BCUT2D eigenvalue weighted by Crippen LogP contribution is -2.12. The van der Waals surface area contributed by atoms with Crippen molar-refractivity contribution in [3.05, 3.63) is 50.4 Å². The fourth-order valence-electron chi connectivity index (χ4n) is 3.43. The van der Waals surface area contributed by atoms with Gasteiger partial charge in [0.2, 0.25) is 0 Å². The van der Waals surface area contributed by atoms with Crippen LogP contribution in [0.15, 0.2) is 27.9 Å². The number of fused-ring (bicyclic) bond motifs is 3. The Balaban J connectivity index is 1.75. The van der Waals surface area contributed by atoms with Gasteiger partial charge >= 0.3 is 0 Å². The third-order valence-corrected chi connectivity index (χ3v) is 7.00. The molecule has 1 aromatic carbocycles. The van der Waals surface area contributed by atoms with E-state index in [0.29, 0.717) is 10.9 Å². The lowest BCUT2D eigenvalue weighted by Gasteiger charge is -2.09. The molecule has 4 rings (SSSR count). The largest absolute Gasteiger partial charge is 0.496 e. The Morgan fingerprint density at radius 1 is 1.37 bits per heavy atom. The average molecular weight is 419 g/mol. The molecule has 0 atom stereocenters. The smallest absolute Gasteiger partial charge is 0.260 e. The summed E-state index contributed by atoms with van der Waals surface area (Å²) >= 11 is 9.74. The van der Waals surface area contributed by atoms with Gasteiger partial charge in [0.25, 0.3) is 5.56 Å². The van der Waals surface area contributed by atoms with Gasteiger partial charge < -0.3 is 9.72 Å². The number of thioether (sulfide) groups is 1. The fraction of sp³-hybridized carbons (Fsp3) is 0.300. The van der Waals surface area contributed by atoms with Crippen LogP contribution in [0.25, 0.3) is 21.3 Å². The lowest BCUT2D eigenvalue weighted by molar-refractivity contribution is 0.405. The number of aromatic amines is 1. The number of benzene rings is 1. The van der Waals surface area contributed by atoms with Gasteiger partial charge in [0.15, 0.2) is 5.82 Å². The minimum atomic E-state index is -0.101. The molecule has 27 heavy (non-hydrogen) atoms. The standard InChI is InChI=1S/C20H19ClN2O2S2/c1-25-14-10-11(7-8-16(14)26-2)9-13(21)18-22-19(24)17-12-5-3-4-6-15(12)27-20(17)23-18/h7-10H,3-6H2,1-2H3,(H,22,23,24)/b13-9+. The van der Waals surface area contributed by atoms with Crippen LogP contribution in [0.1, 0.15) is 34.7 Å². The van der Waals surface area contributed by atoms with Crippen LogP contribution in [0.2, 0.25) is 0 Å². The van der Waals surface area contributed by atoms with Crippen molar-refractivity contribution in [1.29, 1.82) is 0 Å². The Labute approximate surface area is 170 Å². The Kier molecular flexibility index (Phi) is 5.30. The monoisotopic (exact) mass is 418 g/mol. The van der Waals surface area contributed by atoms with Crippen LogP contribution >= 0.6 is 34.7 Å². The first-order valence-corrected chi connectivity index (χ1v) is 11.2. The predicted molar refractivity (Wildman–Crippen MR) is 115 cm³/mol. The molecule has 4 nitrogen and oxygen atoms in total. The first-order chi connectivity index (χ1) is 13.1. The Morgan fingerprint density at radius 2 is 2.19 bits per heavy atom. The van der Waals surface area contributed by atoms with Gasteiger partial charge in [-0.25, -0.2) is 4.98 Å². The van der Waals surface area contributed by atoms with Gasteiger partial charge in [-0.3, -0.25) is 4.79 Å². The van der Waals surface area contributed by atoms with Gasteiger partial charge in [-0.1, -0.05) is 17.7 Å². The van der Waals surface area contributed by atoms with Crippen LogP contribution in [-0.2, 0) is 12.8 Å². The molecule has 0 aliphatic heterocycles. The normalized spacial score (nSPS) is 14.4. The fourth-order valence-corrected chi connectivity index (χ4v) is 5.46. The third kappa shape index (κ3) is 3.53. The highest BCUT2D eigenvalue weighted by molar-refractivity contribution is 7.98. The second-order valence-electron chi connectivity index (χ2n) is 6.41. The van der Waals surface area contributed by atoms with Crippen LogP contribution in [0.5, 0.6) is 5.75 Å². The van der Waals surface area contributed by atoms with Crippen LogP contribution in [0.4, 0.5) is 0 Å². The maximum atomic E-state index is 12.7. The van der Waals surface area contributed by atoms with Crippen LogP contribution in [0, 0.1) is 0 Å². The van der Waals surface area contributed by atoms with E-state index in [4.69, 9.17) is 16.3 Å². The van der Waals surface area contributed by atoms with Crippen LogP contribution < -0.4 is 10.3 Å². The predicted octanol–water partition coefficient (Wildman–Crippen LogP) is 5.33. The number of hydrogen-bond acceptors (Lipinski definition) is 5. The average Bonchev–Trinajstić information content (AvgIpc) is 3.06. The second kappa shape index (κ2) is 7.70. The van der Waals surface area contributed by atoms with Crippen molar-refractivity contribution in [2.24, 2.45) is 0 Å². The van der Waals surface area contributed by atoms with E-state index in [9.17, 15) is 4.79 Å². The van der Waals surface area contributed by atoms with E-state index in [1.54, 1.807) is 36.3 Å². The first-order valence-electron chi connectivity index (χ1n) is 8.75. The summed E-state index contributed by atoms with van der Waals surface area (Å²) in [5.41, 5.74) is 1.97. The van der Waals surface area contributed by atoms with E-state index >= 15 is 0 Å². The van der Waals surface area contributed by atoms with Gasteiger partial charge in [0, 0.05) is 9.77 Å². The summed E-state index contributed by atoms with van der Waals surface area (Å²) in [7, 11) is 1.65. The number of thiophene rings is 1. The minimum Gasteiger partial charge on any atom is -0.496 e. The highest BCUT2D eigenvalue weighted by Gasteiger charge is 2.20. The van der Waals surface area contributed by atoms with E-state index in [-0.39, 0.29) is 5.56 Å². The Bertz CT molecular complexity index is 1100. The quantitative estimate of drug-likeness (QED) is 0.581. The SMILES string of the molecule is COc1cc(/C=C(/Cl)c2nc3sc4c(c3c(=O)[nH]2)CCCC4)ccc1SC. The van der Waals surface area contributed by atoms with Crippen molar-refractivity contribution in [1.82, 2.24) is 9.97 Å². The summed E-state index contributed by atoms with van der Waals surface area (Å²) in [5.74, 6) is 1.20. The van der Waals surface area contributed by atoms with E-state index in [1.165, 1.54) is 16.9 Å². The number of H-pyrrole nitrogens is 1. The summed E-state index contributed by atoms with van der Waals surface area (Å²) in [6.07, 6.45) is 8.12. The highest BCUT2D eigenvalue weighted by atomic mass is 35.5. The molecule has 2 heterocycles. The van der Waals surface area contributed by atoms with Gasteiger partial charge in [-0.05, 0) is 61.3 Å². The zero-order valence-corrected chi connectivity index (χ0v) is 17.5. The molecule has 0 saturated heterocycles. The number of nitrogens with zero attached hydrogens (tertiary/aromatic N) is 1. The lowest BCUT2D eigenvalue weighted by atomic mass is 9.97. The zero-order valence-electron chi connectivity index (χ0n) is 15.1. The van der Waals surface area contributed by atoms with Crippen molar-refractivity contribution >= 4 is 56.0 Å². The van der Waals surface area contributed by atoms with Gasteiger partial charge in [0.1, 0.15) is 10.6 Å². The van der Waals surface area contributed by atoms with Crippen molar-refractivity contribution < 1.29 is 4.74 Å². The van der Waals surface area contributed by atoms with Crippen molar-refractivity contribution in [2.45, 2.75) is 30.6 Å². The number of aryl methyl sites for hydroxylation is 2. The van der Waals surface area contributed by atoms with Crippen LogP contribution in [-0.4, -0.2) is 23.3 Å². The molecule has 0 amide bonds. The minimum absolute atomic E-state index is 0.101. The number of hydrogen-bond donors (Lipinski definition) is 1. The second-order valence-corrected chi connectivity index (χ2v) is 8.75.